The minimum absolute atomic E-state index is 0.0897. The number of nitriles is 1. The van der Waals surface area contributed by atoms with Crippen molar-refractivity contribution in [2.75, 3.05) is 13.7 Å². The van der Waals surface area contributed by atoms with Gasteiger partial charge >= 0.3 is 0 Å². The number of halogens is 2. The molecule has 0 saturated carbocycles. The van der Waals surface area contributed by atoms with Gasteiger partial charge in [0.1, 0.15) is 18.5 Å². The number of methoxy groups -OCH3 is 1. The quantitative estimate of drug-likeness (QED) is 0.916. The van der Waals surface area contributed by atoms with E-state index in [9.17, 15) is 9.50 Å². The van der Waals surface area contributed by atoms with Crippen LogP contribution in [0.2, 0.25) is 5.02 Å². The Hall–Kier alpha value is -2.29. The lowest BCUT2D eigenvalue weighted by Gasteiger charge is -2.16. The summed E-state index contributed by atoms with van der Waals surface area (Å²) in [4.78, 5) is 0. The summed E-state index contributed by atoms with van der Waals surface area (Å²) < 4.78 is 23.5. The molecule has 0 aromatic heterocycles. The number of benzene rings is 2. The molecule has 2 aromatic carbocycles. The molecule has 1 N–H and O–H groups in total. The van der Waals surface area contributed by atoms with Crippen LogP contribution >= 0.6 is 11.6 Å². The highest BCUT2D eigenvalue weighted by molar-refractivity contribution is 6.32. The zero-order valence-electron chi connectivity index (χ0n) is 11.7. The van der Waals surface area contributed by atoms with Gasteiger partial charge in [-0.25, -0.2) is 4.39 Å². The van der Waals surface area contributed by atoms with Gasteiger partial charge in [-0.2, -0.15) is 5.26 Å². The van der Waals surface area contributed by atoms with Gasteiger partial charge in [-0.1, -0.05) is 23.7 Å². The molecule has 6 heteroatoms. The van der Waals surface area contributed by atoms with Crippen LogP contribution in [0.4, 0.5) is 4.39 Å². The van der Waals surface area contributed by atoms with E-state index < -0.39 is 6.10 Å². The van der Waals surface area contributed by atoms with E-state index in [1.807, 2.05) is 6.07 Å². The maximum atomic E-state index is 12.9. The molecule has 4 nitrogen and oxygen atoms in total. The minimum Gasteiger partial charge on any atom is -0.493 e. The first-order chi connectivity index (χ1) is 10.5. The van der Waals surface area contributed by atoms with E-state index in [1.165, 1.54) is 43.5 Å². The summed E-state index contributed by atoms with van der Waals surface area (Å²) in [6.45, 7) is -0.0897. The second-order valence-electron chi connectivity index (χ2n) is 4.48. The fourth-order valence-electron chi connectivity index (χ4n) is 1.87. The zero-order valence-corrected chi connectivity index (χ0v) is 12.5. The molecule has 2 rings (SSSR count). The zero-order chi connectivity index (χ0) is 16.1. The summed E-state index contributed by atoms with van der Waals surface area (Å²) in [7, 11) is 1.43. The van der Waals surface area contributed by atoms with E-state index in [1.54, 1.807) is 0 Å². The summed E-state index contributed by atoms with van der Waals surface area (Å²) in [5.41, 5.74) is 0.860. The van der Waals surface area contributed by atoms with Crippen molar-refractivity contribution in [1.29, 1.82) is 5.26 Å². The van der Waals surface area contributed by atoms with Gasteiger partial charge in [-0.3, -0.25) is 0 Å². The number of aliphatic hydroxyl groups excluding tert-OH is 1. The topological polar surface area (TPSA) is 62.5 Å². The number of aliphatic hydroxyl groups is 1. The van der Waals surface area contributed by atoms with Crippen LogP contribution in [0.3, 0.4) is 0 Å². The average molecular weight is 322 g/mol. The normalized spacial score (nSPS) is 11.6. The average Bonchev–Trinajstić information content (AvgIpc) is 2.53. The third kappa shape index (κ3) is 3.67. The van der Waals surface area contributed by atoms with Crippen molar-refractivity contribution in [1.82, 2.24) is 0 Å². The predicted octanol–water partition coefficient (Wildman–Crippen LogP) is 3.47. The molecule has 0 unspecified atom stereocenters. The minimum atomic E-state index is -0.947. The highest BCUT2D eigenvalue weighted by Gasteiger charge is 2.15. The van der Waals surface area contributed by atoms with Crippen LogP contribution in [0.5, 0.6) is 11.5 Å². The third-order valence-corrected chi connectivity index (χ3v) is 3.28. The molecule has 0 saturated heterocycles. The van der Waals surface area contributed by atoms with Gasteiger partial charge in [-0.05, 0) is 23.8 Å². The van der Waals surface area contributed by atoms with E-state index in [2.05, 4.69) is 0 Å². The molecule has 0 aliphatic heterocycles. The van der Waals surface area contributed by atoms with Gasteiger partial charge in [-0.15, -0.1) is 0 Å². The summed E-state index contributed by atoms with van der Waals surface area (Å²) in [6, 6.07) is 10.4. The molecule has 0 bridgehead atoms. The molecule has 0 aliphatic rings. The predicted molar refractivity (Wildman–Crippen MR) is 79.6 cm³/mol. The Bertz CT molecular complexity index is 698. The first-order valence-electron chi connectivity index (χ1n) is 6.39. The molecule has 22 heavy (non-hydrogen) atoms. The van der Waals surface area contributed by atoms with Crippen molar-refractivity contribution in [3.8, 4) is 17.6 Å². The van der Waals surface area contributed by atoms with E-state index >= 15 is 0 Å². The molecule has 1 atom stereocenters. The van der Waals surface area contributed by atoms with Crippen LogP contribution in [-0.4, -0.2) is 18.8 Å². The first kappa shape index (κ1) is 16.1. The molecule has 0 radical (unpaired) electrons. The Balaban J connectivity index is 2.14. The fraction of sp³-hybridized carbons (Fsp3) is 0.188. The second kappa shape index (κ2) is 7.12. The van der Waals surface area contributed by atoms with Gasteiger partial charge < -0.3 is 14.6 Å². The largest absolute Gasteiger partial charge is 0.493 e. The van der Waals surface area contributed by atoms with Gasteiger partial charge in [0.2, 0.25) is 0 Å². The molecular weight excluding hydrogens is 309 g/mol. The number of hydrogen-bond acceptors (Lipinski definition) is 4. The van der Waals surface area contributed by atoms with Crippen LogP contribution in [0.25, 0.3) is 0 Å². The molecule has 0 amide bonds. The van der Waals surface area contributed by atoms with Gasteiger partial charge in [0, 0.05) is 6.07 Å². The second-order valence-corrected chi connectivity index (χ2v) is 4.89. The van der Waals surface area contributed by atoms with E-state index in [0.29, 0.717) is 16.9 Å². The first-order valence-corrected chi connectivity index (χ1v) is 6.77. The summed E-state index contributed by atoms with van der Waals surface area (Å²) >= 11 is 6.05. The number of ether oxygens (including phenoxy) is 2. The van der Waals surface area contributed by atoms with Gasteiger partial charge in [0.05, 0.1) is 23.8 Å². The van der Waals surface area contributed by atoms with Gasteiger partial charge in [0.15, 0.2) is 11.5 Å². The maximum Gasteiger partial charge on any atom is 0.179 e. The summed E-state index contributed by atoms with van der Waals surface area (Å²) in [5.74, 6) is 0.161. The number of hydrogen-bond donors (Lipinski definition) is 1. The lowest BCUT2D eigenvalue weighted by Crippen LogP contribution is -2.10. The highest BCUT2D eigenvalue weighted by Crippen LogP contribution is 2.36. The smallest absolute Gasteiger partial charge is 0.179 e. The van der Waals surface area contributed by atoms with Crippen molar-refractivity contribution >= 4 is 11.6 Å². The molecular formula is C16H13ClFNO3. The third-order valence-electron chi connectivity index (χ3n) is 3.00. The van der Waals surface area contributed by atoms with Crippen molar-refractivity contribution < 1.29 is 19.0 Å². The Morgan fingerprint density at radius 3 is 2.59 bits per heavy atom. The summed E-state index contributed by atoms with van der Waals surface area (Å²) in [6.07, 6.45) is -0.947. The molecule has 0 spiro atoms. The molecule has 0 heterocycles. The van der Waals surface area contributed by atoms with Crippen molar-refractivity contribution in [3.63, 3.8) is 0 Å². The van der Waals surface area contributed by atoms with Crippen LogP contribution in [-0.2, 0) is 0 Å². The van der Waals surface area contributed by atoms with Crippen molar-refractivity contribution in [3.05, 3.63) is 58.4 Å². The molecule has 0 fully saturated rings. The summed E-state index contributed by atoms with van der Waals surface area (Å²) in [5, 5.41) is 19.1. The van der Waals surface area contributed by atoms with Crippen LogP contribution in [0.15, 0.2) is 36.4 Å². The van der Waals surface area contributed by atoms with Crippen LogP contribution < -0.4 is 9.47 Å². The lowest BCUT2D eigenvalue weighted by atomic mass is 10.1. The van der Waals surface area contributed by atoms with Crippen molar-refractivity contribution in [2.45, 2.75) is 6.10 Å². The van der Waals surface area contributed by atoms with E-state index in [-0.39, 0.29) is 23.2 Å². The van der Waals surface area contributed by atoms with Crippen molar-refractivity contribution in [2.24, 2.45) is 0 Å². The SMILES string of the molecule is COc1cc(C#N)cc(Cl)c1OC[C@H](O)c1ccc(F)cc1. The standard InChI is InChI=1S/C16H13ClFNO3/c1-21-15-7-10(8-19)6-13(17)16(15)22-9-14(20)11-2-4-12(18)5-3-11/h2-7,14,20H,9H2,1H3/t14-/m0/s1. The Morgan fingerprint density at radius 2 is 2.00 bits per heavy atom. The van der Waals surface area contributed by atoms with Gasteiger partial charge in [0.25, 0.3) is 0 Å². The van der Waals surface area contributed by atoms with Crippen LogP contribution in [0.1, 0.15) is 17.2 Å². The monoisotopic (exact) mass is 321 g/mol. The Labute approximate surface area is 132 Å². The fourth-order valence-corrected chi connectivity index (χ4v) is 2.13. The Morgan fingerprint density at radius 1 is 1.32 bits per heavy atom. The molecule has 114 valence electrons. The van der Waals surface area contributed by atoms with E-state index in [0.717, 1.165) is 0 Å². The maximum absolute atomic E-state index is 12.9. The molecule has 2 aromatic rings. The van der Waals surface area contributed by atoms with E-state index in [4.69, 9.17) is 26.3 Å². The highest BCUT2D eigenvalue weighted by atomic mass is 35.5. The number of nitrogens with zero attached hydrogens (tertiary/aromatic N) is 1. The number of rotatable bonds is 5. The molecule has 0 aliphatic carbocycles. The lowest BCUT2D eigenvalue weighted by molar-refractivity contribution is 0.106. The van der Waals surface area contributed by atoms with Crippen LogP contribution in [0, 0.1) is 17.1 Å². The Kier molecular flexibility index (Phi) is 5.21.